The molecule has 2 heterocycles. The average Bonchev–Trinajstić information content (AvgIpc) is 3.18. The summed E-state index contributed by atoms with van der Waals surface area (Å²) in [6.07, 6.45) is -2.21. The second-order valence-corrected chi connectivity index (χ2v) is 10.1. The molecule has 1 amide bonds. The highest BCUT2D eigenvalue weighted by atomic mass is 32.2. The zero-order chi connectivity index (χ0) is 23.0. The first-order valence-electron chi connectivity index (χ1n) is 9.98. The molecule has 31 heavy (non-hydrogen) atoms. The summed E-state index contributed by atoms with van der Waals surface area (Å²) in [5.41, 5.74) is -0.961. The van der Waals surface area contributed by atoms with Gasteiger partial charge in [-0.25, -0.2) is 12.7 Å². The van der Waals surface area contributed by atoms with Crippen LogP contribution >= 0.6 is 0 Å². The highest BCUT2D eigenvalue weighted by Gasteiger charge is 2.45. The summed E-state index contributed by atoms with van der Waals surface area (Å²) in [7, 11) is -1.90. The molecule has 7 nitrogen and oxygen atoms in total. The maximum atomic E-state index is 13.3. The Morgan fingerprint density at radius 1 is 1.23 bits per heavy atom. The number of hydrogen-bond acceptors (Lipinski definition) is 5. The summed E-state index contributed by atoms with van der Waals surface area (Å²) in [6.45, 7) is 1.40. The molecule has 1 N–H and O–H groups in total. The van der Waals surface area contributed by atoms with E-state index in [1.807, 2.05) is 4.90 Å². The van der Waals surface area contributed by atoms with Crippen molar-refractivity contribution in [1.29, 1.82) is 5.26 Å². The largest absolute Gasteiger partial charge is 0.417 e. The van der Waals surface area contributed by atoms with Crippen LogP contribution in [0, 0.1) is 29.1 Å². The Hall–Kier alpha value is -2.32. The summed E-state index contributed by atoms with van der Waals surface area (Å²) in [5.74, 6) is -0.683. The molecular formula is C20H25F3N4O3S. The number of piperidine rings is 1. The van der Waals surface area contributed by atoms with Crippen LogP contribution in [0.2, 0.25) is 0 Å². The lowest BCUT2D eigenvalue weighted by atomic mass is 9.78. The lowest BCUT2D eigenvalue weighted by Crippen LogP contribution is -2.41. The lowest BCUT2D eigenvalue weighted by molar-refractivity contribution is -0.137. The molecule has 2 aliphatic heterocycles. The standard InChI is InChI=1S/C20H25F3N4O3S/c1-25-19(28)17-12-27(31(2,29)30)11-16(17)13-5-7-26(8-6-13)15-4-3-14(10-24)18(9-15)20(21,22)23/h3-4,9,13,16-17H,5-8,11-12H2,1-2H3,(H,25,28)/t16-,17+/m0/s1. The number of hydrogen-bond donors (Lipinski definition) is 1. The first-order valence-corrected chi connectivity index (χ1v) is 11.8. The van der Waals surface area contributed by atoms with Crippen LogP contribution in [-0.4, -0.2) is 58.1 Å². The van der Waals surface area contributed by atoms with Crippen molar-refractivity contribution in [2.75, 3.05) is 44.4 Å². The Kier molecular flexibility index (Phi) is 6.53. The van der Waals surface area contributed by atoms with Gasteiger partial charge in [0, 0.05) is 38.9 Å². The molecule has 1 aromatic carbocycles. The number of nitrogens with one attached hydrogen (secondary N) is 1. The van der Waals surface area contributed by atoms with E-state index in [2.05, 4.69) is 5.32 Å². The summed E-state index contributed by atoms with van der Waals surface area (Å²) in [4.78, 5) is 14.2. The monoisotopic (exact) mass is 458 g/mol. The number of anilines is 1. The summed E-state index contributed by atoms with van der Waals surface area (Å²) >= 11 is 0. The molecule has 0 bridgehead atoms. The maximum Gasteiger partial charge on any atom is 0.417 e. The van der Waals surface area contributed by atoms with E-state index in [1.165, 1.54) is 23.5 Å². The average molecular weight is 459 g/mol. The van der Waals surface area contributed by atoms with Gasteiger partial charge in [-0.3, -0.25) is 4.79 Å². The second kappa shape index (κ2) is 8.67. The number of amides is 1. The van der Waals surface area contributed by atoms with Crippen molar-refractivity contribution in [3.05, 3.63) is 29.3 Å². The van der Waals surface area contributed by atoms with Gasteiger partial charge >= 0.3 is 6.18 Å². The van der Waals surface area contributed by atoms with E-state index in [4.69, 9.17) is 5.26 Å². The van der Waals surface area contributed by atoms with Crippen LogP contribution in [0.4, 0.5) is 18.9 Å². The van der Waals surface area contributed by atoms with Gasteiger partial charge in [0.05, 0.1) is 29.4 Å². The van der Waals surface area contributed by atoms with Crippen molar-refractivity contribution >= 4 is 21.6 Å². The predicted octanol–water partition coefficient (Wildman–Crippen LogP) is 2.05. The first kappa shape index (κ1) is 23.3. The number of nitriles is 1. The van der Waals surface area contributed by atoms with Crippen LogP contribution in [-0.2, 0) is 21.0 Å². The molecule has 3 rings (SSSR count). The summed E-state index contributed by atoms with van der Waals surface area (Å²) < 4.78 is 65.1. The van der Waals surface area contributed by atoms with Crippen LogP contribution in [0.3, 0.4) is 0 Å². The SMILES string of the molecule is CNC(=O)[C@@H]1CN(S(C)(=O)=O)C[C@H]1C1CCN(c2ccc(C#N)c(C(F)(F)F)c2)CC1. The van der Waals surface area contributed by atoms with E-state index in [1.54, 1.807) is 6.07 Å². The van der Waals surface area contributed by atoms with E-state index in [-0.39, 0.29) is 30.8 Å². The van der Waals surface area contributed by atoms with Gasteiger partial charge in [0.2, 0.25) is 15.9 Å². The third kappa shape index (κ3) is 4.96. The normalized spacial score (nSPS) is 23.5. The molecule has 2 fully saturated rings. The number of carbonyl (C=O) groups excluding carboxylic acids is 1. The topological polar surface area (TPSA) is 93.5 Å². The van der Waals surface area contributed by atoms with Gasteiger partial charge in [0.1, 0.15) is 0 Å². The number of carbonyl (C=O) groups is 1. The van der Waals surface area contributed by atoms with Crippen LogP contribution in [0.15, 0.2) is 18.2 Å². The second-order valence-electron chi connectivity index (χ2n) is 8.13. The van der Waals surface area contributed by atoms with Crippen LogP contribution in [0.5, 0.6) is 0 Å². The number of alkyl halides is 3. The molecule has 2 aliphatic rings. The smallest absolute Gasteiger partial charge is 0.372 e. The Morgan fingerprint density at radius 3 is 2.39 bits per heavy atom. The van der Waals surface area contributed by atoms with Gasteiger partial charge in [-0.15, -0.1) is 0 Å². The molecular weight excluding hydrogens is 433 g/mol. The van der Waals surface area contributed by atoms with Crippen molar-refractivity contribution in [2.24, 2.45) is 17.8 Å². The number of sulfonamides is 1. The fourth-order valence-corrected chi connectivity index (χ4v) is 5.52. The van der Waals surface area contributed by atoms with Gasteiger partial charge in [0.15, 0.2) is 0 Å². The fourth-order valence-electron chi connectivity index (χ4n) is 4.65. The fraction of sp³-hybridized carbons (Fsp3) is 0.600. The first-order chi connectivity index (χ1) is 14.5. The van der Waals surface area contributed by atoms with Crippen LogP contribution in [0.1, 0.15) is 24.0 Å². The molecule has 2 saturated heterocycles. The van der Waals surface area contributed by atoms with Gasteiger partial charge in [-0.2, -0.15) is 18.4 Å². The van der Waals surface area contributed by atoms with Crippen LogP contribution < -0.4 is 10.2 Å². The Morgan fingerprint density at radius 2 is 1.87 bits per heavy atom. The number of benzene rings is 1. The quantitative estimate of drug-likeness (QED) is 0.746. The molecule has 1 aromatic rings. The van der Waals surface area contributed by atoms with Gasteiger partial charge in [-0.05, 0) is 42.9 Å². The number of rotatable bonds is 4. The van der Waals surface area contributed by atoms with E-state index >= 15 is 0 Å². The van der Waals surface area contributed by atoms with Crippen molar-refractivity contribution < 1.29 is 26.4 Å². The summed E-state index contributed by atoms with van der Waals surface area (Å²) in [6, 6.07) is 5.29. The van der Waals surface area contributed by atoms with Crippen molar-refractivity contribution in [2.45, 2.75) is 19.0 Å². The Balaban J connectivity index is 1.74. The third-order valence-corrected chi connectivity index (χ3v) is 7.56. The van der Waals surface area contributed by atoms with Crippen molar-refractivity contribution in [3.8, 4) is 6.07 Å². The molecule has 0 saturated carbocycles. The molecule has 0 radical (unpaired) electrons. The van der Waals surface area contributed by atoms with Crippen molar-refractivity contribution in [3.63, 3.8) is 0 Å². The minimum Gasteiger partial charge on any atom is -0.372 e. The minimum atomic E-state index is -4.61. The van der Waals surface area contributed by atoms with Gasteiger partial charge in [-0.1, -0.05) is 0 Å². The third-order valence-electron chi connectivity index (χ3n) is 6.32. The predicted molar refractivity (Wildman–Crippen MR) is 109 cm³/mol. The molecule has 0 unspecified atom stereocenters. The van der Waals surface area contributed by atoms with E-state index in [0.717, 1.165) is 12.3 Å². The molecule has 0 spiro atoms. The van der Waals surface area contributed by atoms with E-state index in [9.17, 15) is 26.4 Å². The van der Waals surface area contributed by atoms with Crippen LogP contribution in [0.25, 0.3) is 0 Å². The lowest BCUT2D eigenvalue weighted by Gasteiger charge is -2.37. The minimum absolute atomic E-state index is 0.0887. The molecule has 170 valence electrons. The van der Waals surface area contributed by atoms with Crippen molar-refractivity contribution in [1.82, 2.24) is 9.62 Å². The van der Waals surface area contributed by atoms with Gasteiger partial charge in [0.25, 0.3) is 0 Å². The van der Waals surface area contributed by atoms with Gasteiger partial charge < -0.3 is 10.2 Å². The highest BCUT2D eigenvalue weighted by molar-refractivity contribution is 7.88. The van der Waals surface area contributed by atoms with E-state index < -0.39 is 33.2 Å². The summed E-state index contributed by atoms with van der Waals surface area (Å²) in [5, 5.41) is 11.6. The number of nitrogens with zero attached hydrogens (tertiary/aromatic N) is 3. The molecule has 0 aromatic heterocycles. The zero-order valence-electron chi connectivity index (χ0n) is 17.3. The maximum absolute atomic E-state index is 13.3. The highest BCUT2D eigenvalue weighted by Crippen LogP contribution is 2.39. The Bertz CT molecular complexity index is 982. The Labute approximate surface area is 179 Å². The molecule has 2 atom stereocenters. The molecule has 11 heteroatoms. The van der Waals surface area contributed by atoms with E-state index in [0.29, 0.717) is 31.6 Å². The molecule has 0 aliphatic carbocycles. The zero-order valence-corrected chi connectivity index (χ0v) is 18.1. The number of halogens is 3.